The Morgan fingerprint density at radius 1 is 0.781 bits per heavy atom. The number of benzene rings is 3. The molecule has 0 spiro atoms. The van der Waals surface area contributed by atoms with E-state index in [1.54, 1.807) is 55.6 Å². The molecule has 2 amide bonds. The average molecular weight is 444 g/mol. The largest absolute Gasteiger partial charge is 0.497 e. The summed E-state index contributed by atoms with van der Waals surface area (Å²) in [6.45, 7) is -0.384. The zero-order valence-corrected chi connectivity index (χ0v) is 16.9. The van der Waals surface area contributed by atoms with Crippen molar-refractivity contribution in [2.24, 2.45) is 0 Å². The fourth-order valence-electron chi connectivity index (χ4n) is 2.67. The number of anilines is 2. The van der Waals surface area contributed by atoms with E-state index in [1.807, 2.05) is 0 Å². The highest BCUT2D eigenvalue weighted by atomic mass is 19.4. The minimum Gasteiger partial charge on any atom is -0.497 e. The molecule has 0 aromatic heterocycles. The molecule has 0 atom stereocenters. The lowest BCUT2D eigenvalue weighted by Crippen LogP contribution is -2.20. The number of rotatable bonds is 7. The lowest BCUT2D eigenvalue weighted by molar-refractivity contribution is -0.137. The predicted octanol–water partition coefficient (Wildman–Crippen LogP) is 4.98. The fraction of sp³-hybridized carbons (Fsp3) is 0.130. The molecule has 0 bridgehead atoms. The van der Waals surface area contributed by atoms with Gasteiger partial charge in [-0.25, -0.2) is 0 Å². The van der Waals surface area contributed by atoms with Crippen molar-refractivity contribution in [3.05, 3.63) is 83.9 Å². The third-order valence-corrected chi connectivity index (χ3v) is 4.33. The standard InChI is InChI=1S/C23H19F3N2O4/c1-31-19-12-8-18(9-13-19)28-22(30)15-2-6-17(7-3-15)27-21(29)14-32-20-10-4-16(5-11-20)23(24,25)26/h2-13H,14H2,1H3,(H,27,29)(H,28,30). The zero-order chi connectivity index (χ0) is 23.1. The highest BCUT2D eigenvalue weighted by molar-refractivity contribution is 6.04. The van der Waals surface area contributed by atoms with Gasteiger partial charge in [-0.2, -0.15) is 13.2 Å². The molecule has 166 valence electrons. The first-order chi connectivity index (χ1) is 15.2. The Kier molecular flexibility index (Phi) is 6.99. The summed E-state index contributed by atoms with van der Waals surface area (Å²) in [5, 5.41) is 5.34. The number of methoxy groups -OCH3 is 1. The van der Waals surface area contributed by atoms with E-state index in [1.165, 1.54) is 0 Å². The van der Waals surface area contributed by atoms with Crippen molar-refractivity contribution in [2.45, 2.75) is 6.18 Å². The molecule has 0 aliphatic carbocycles. The molecule has 2 N–H and O–H groups in total. The second-order valence-electron chi connectivity index (χ2n) is 6.62. The van der Waals surface area contributed by atoms with E-state index >= 15 is 0 Å². The summed E-state index contributed by atoms with van der Waals surface area (Å²) in [6, 6.07) is 17.1. The van der Waals surface area contributed by atoms with Gasteiger partial charge < -0.3 is 20.1 Å². The molecule has 0 unspecified atom stereocenters. The van der Waals surface area contributed by atoms with Crippen molar-refractivity contribution in [1.82, 2.24) is 0 Å². The quantitative estimate of drug-likeness (QED) is 0.539. The van der Waals surface area contributed by atoms with Crippen LogP contribution in [0.25, 0.3) is 0 Å². The molecule has 0 saturated heterocycles. The number of ether oxygens (including phenoxy) is 2. The summed E-state index contributed by atoms with van der Waals surface area (Å²) in [5.41, 5.74) is 0.630. The Hall–Kier alpha value is -4.01. The first-order valence-electron chi connectivity index (χ1n) is 9.40. The third-order valence-electron chi connectivity index (χ3n) is 4.33. The van der Waals surface area contributed by atoms with E-state index in [9.17, 15) is 22.8 Å². The minimum atomic E-state index is -4.44. The molecule has 9 heteroatoms. The van der Waals surface area contributed by atoms with Gasteiger partial charge in [0.2, 0.25) is 0 Å². The molecule has 3 rings (SSSR count). The summed E-state index contributed by atoms with van der Waals surface area (Å²) >= 11 is 0. The molecule has 3 aromatic carbocycles. The maximum atomic E-state index is 12.6. The first kappa shape index (κ1) is 22.7. The van der Waals surface area contributed by atoms with Crippen molar-refractivity contribution >= 4 is 23.2 Å². The Balaban J connectivity index is 1.50. The van der Waals surface area contributed by atoms with Gasteiger partial charge in [-0.05, 0) is 72.8 Å². The molecular formula is C23H19F3N2O4. The van der Waals surface area contributed by atoms with Crippen molar-refractivity contribution in [3.63, 3.8) is 0 Å². The van der Waals surface area contributed by atoms with Crippen LogP contribution in [-0.4, -0.2) is 25.5 Å². The molecule has 0 radical (unpaired) electrons. The fourth-order valence-corrected chi connectivity index (χ4v) is 2.67. The second kappa shape index (κ2) is 9.86. The highest BCUT2D eigenvalue weighted by Gasteiger charge is 2.30. The number of hydrogen-bond donors (Lipinski definition) is 2. The Bertz CT molecular complexity index is 1060. The number of carbonyl (C=O) groups excluding carboxylic acids is 2. The van der Waals surface area contributed by atoms with E-state index in [-0.39, 0.29) is 18.3 Å². The monoisotopic (exact) mass is 444 g/mol. The van der Waals surface area contributed by atoms with Crippen molar-refractivity contribution in [1.29, 1.82) is 0 Å². The van der Waals surface area contributed by atoms with Crippen LogP contribution in [0.4, 0.5) is 24.5 Å². The highest BCUT2D eigenvalue weighted by Crippen LogP contribution is 2.30. The van der Waals surface area contributed by atoms with Gasteiger partial charge in [-0.1, -0.05) is 0 Å². The Morgan fingerprint density at radius 3 is 1.88 bits per heavy atom. The van der Waals surface area contributed by atoms with Gasteiger partial charge in [-0.15, -0.1) is 0 Å². The number of halogens is 3. The van der Waals surface area contributed by atoms with Crippen LogP contribution >= 0.6 is 0 Å². The number of nitrogens with one attached hydrogen (secondary N) is 2. The molecule has 6 nitrogen and oxygen atoms in total. The van der Waals surface area contributed by atoms with Gasteiger partial charge in [0.1, 0.15) is 11.5 Å². The van der Waals surface area contributed by atoms with Crippen LogP contribution in [0.5, 0.6) is 11.5 Å². The third kappa shape index (κ3) is 6.24. The molecule has 0 aliphatic rings. The minimum absolute atomic E-state index is 0.138. The summed E-state index contributed by atoms with van der Waals surface area (Å²) in [6.07, 6.45) is -4.44. The zero-order valence-electron chi connectivity index (χ0n) is 16.9. The van der Waals surface area contributed by atoms with E-state index in [0.717, 1.165) is 24.3 Å². The van der Waals surface area contributed by atoms with Crippen LogP contribution in [0.1, 0.15) is 15.9 Å². The van der Waals surface area contributed by atoms with Crippen LogP contribution in [0.15, 0.2) is 72.8 Å². The summed E-state index contributed by atoms with van der Waals surface area (Å²) in [5.74, 6) is -0.0110. The van der Waals surface area contributed by atoms with Gasteiger partial charge in [0.05, 0.1) is 12.7 Å². The molecule has 0 aliphatic heterocycles. The molecular weight excluding hydrogens is 425 g/mol. The lowest BCUT2D eigenvalue weighted by Gasteiger charge is -2.10. The van der Waals surface area contributed by atoms with Crippen LogP contribution in [0.3, 0.4) is 0 Å². The molecule has 0 heterocycles. The predicted molar refractivity (Wildman–Crippen MR) is 113 cm³/mol. The first-order valence-corrected chi connectivity index (χ1v) is 9.40. The Morgan fingerprint density at radius 2 is 1.31 bits per heavy atom. The van der Waals surface area contributed by atoms with Gasteiger partial charge in [0, 0.05) is 16.9 Å². The SMILES string of the molecule is COc1ccc(NC(=O)c2ccc(NC(=O)COc3ccc(C(F)(F)F)cc3)cc2)cc1. The number of hydrogen-bond acceptors (Lipinski definition) is 4. The second-order valence-corrected chi connectivity index (χ2v) is 6.62. The summed E-state index contributed by atoms with van der Waals surface area (Å²) in [4.78, 5) is 24.3. The normalized spacial score (nSPS) is 10.9. The van der Waals surface area contributed by atoms with Crippen LogP contribution in [-0.2, 0) is 11.0 Å². The van der Waals surface area contributed by atoms with Gasteiger partial charge >= 0.3 is 6.18 Å². The van der Waals surface area contributed by atoms with E-state index < -0.39 is 17.6 Å². The number of amides is 2. The van der Waals surface area contributed by atoms with Gasteiger partial charge in [-0.3, -0.25) is 9.59 Å². The van der Waals surface area contributed by atoms with Crippen molar-refractivity contribution < 1.29 is 32.2 Å². The van der Waals surface area contributed by atoms with Gasteiger partial charge in [0.25, 0.3) is 11.8 Å². The molecule has 32 heavy (non-hydrogen) atoms. The van der Waals surface area contributed by atoms with E-state index in [2.05, 4.69) is 10.6 Å². The Labute approximate surface area is 182 Å². The number of alkyl halides is 3. The van der Waals surface area contributed by atoms with Crippen molar-refractivity contribution in [2.75, 3.05) is 24.4 Å². The summed E-state index contributed by atoms with van der Waals surface area (Å²) in [7, 11) is 1.55. The maximum Gasteiger partial charge on any atom is 0.416 e. The van der Waals surface area contributed by atoms with Crippen LogP contribution < -0.4 is 20.1 Å². The van der Waals surface area contributed by atoms with Gasteiger partial charge in [0.15, 0.2) is 6.61 Å². The van der Waals surface area contributed by atoms with E-state index in [4.69, 9.17) is 9.47 Å². The average Bonchev–Trinajstić information content (AvgIpc) is 2.78. The lowest BCUT2D eigenvalue weighted by atomic mass is 10.2. The summed E-state index contributed by atoms with van der Waals surface area (Å²) < 4.78 is 47.9. The van der Waals surface area contributed by atoms with Crippen molar-refractivity contribution in [3.8, 4) is 11.5 Å². The smallest absolute Gasteiger partial charge is 0.416 e. The van der Waals surface area contributed by atoms with E-state index in [0.29, 0.717) is 22.7 Å². The maximum absolute atomic E-state index is 12.6. The molecule has 0 saturated carbocycles. The van der Waals surface area contributed by atoms with Crippen LogP contribution in [0.2, 0.25) is 0 Å². The molecule has 3 aromatic rings. The molecule has 0 fully saturated rings. The van der Waals surface area contributed by atoms with Crippen LogP contribution in [0, 0.1) is 0 Å². The topological polar surface area (TPSA) is 76.7 Å². The number of carbonyl (C=O) groups is 2.